The predicted molar refractivity (Wildman–Crippen MR) is 108 cm³/mol. The Labute approximate surface area is 154 Å². The lowest BCUT2D eigenvalue weighted by atomic mass is 9.98. The zero-order valence-electron chi connectivity index (χ0n) is 14.6. The zero-order chi connectivity index (χ0) is 16.9. The highest BCUT2D eigenvalue weighted by Crippen LogP contribution is 2.24. The van der Waals surface area contributed by atoms with Gasteiger partial charge in [0.15, 0.2) is 0 Å². The molecule has 1 fully saturated rings. The molecule has 1 aliphatic heterocycles. The summed E-state index contributed by atoms with van der Waals surface area (Å²) in [5.41, 5.74) is 5.22. The third-order valence-electron chi connectivity index (χ3n) is 5.05. The van der Waals surface area contributed by atoms with Crippen molar-refractivity contribution in [2.75, 3.05) is 19.6 Å². The summed E-state index contributed by atoms with van der Waals surface area (Å²) in [6.07, 6.45) is 5.06. The number of halogens is 1. The Hall–Kier alpha value is -1.38. The molecule has 0 aromatic heterocycles. The predicted octanol–water partition coefficient (Wildman–Crippen LogP) is 6.25. The largest absolute Gasteiger partial charge is 0.300 e. The van der Waals surface area contributed by atoms with Crippen molar-refractivity contribution in [3.63, 3.8) is 0 Å². The van der Waals surface area contributed by atoms with Gasteiger partial charge in [0.2, 0.25) is 0 Å². The van der Waals surface area contributed by atoms with Crippen LogP contribution in [-0.4, -0.2) is 24.5 Å². The van der Waals surface area contributed by atoms with E-state index in [-0.39, 0.29) is 0 Å². The number of nitrogens with zero attached hydrogens (tertiary/aromatic N) is 1. The Kier molecular flexibility index (Phi) is 5.91. The Morgan fingerprint density at radius 1 is 1.00 bits per heavy atom. The molecule has 1 heterocycles. The normalized spacial score (nSPS) is 17.2. The first-order valence-corrected chi connectivity index (χ1v) is 9.66. The molecule has 0 unspecified atom stereocenters. The van der Waals surface area contributed by atoms with Gasteiger partial charge in [0.25, 0.3) is 0 Å². The van der Waals surface area contributed by atoms with Gasteiger partial charge in [0.1, 0.15) is 0 Å². The highest BCUT2D eigenvalue weighted by atomic mass is 79.9. The second kappa shape index (κ2) is 8.13. The van der Waals surface area contributed by atoms with E-state index in [1.165, 1.54) is 48.2 Å². The van der Waals surface area contributed by atoms with Crippen LogP contribution in [0.4, 0.5) is 0 Å². The molecular formula is C22H26BrN. The summed E-state index contributed by atoms with van der Waals surface area (Å²) in [4.78, 5) is 2.57. The van der Waals surface area contributed by atoms with Gasteiger partial charge in [-0.25, -0.2) is 0 Å². The maximum atomic E-state index is 3.49. The van der Waals surface area contributed by atoms with E-state index in [9.17, 15) is 0 Å². The first-order valence-electron chi connectivity index (χ1n) is 8.87. The number of hydrogen-bond donors (Lipinski definition) is 0. The Balaban J connectivity index is 1.64. The lowest BCUT2D eigenvalue weighted by Gasteiger charge is -2.29. The minimum Gasteiger partial charge on any atom is -0.300 e. The van der Waals surface area contributed by atoms with Crippen molar-refractivity contribution in [1.82, 2.24) is 4.90 Å². The third-order valence-corrected chi connectivity index (χ3v) is 5.58. The molecular weight excluding hydrogens is 358 g/mol. The number of hydrogen-bond acceptors (Lipinski definition) is 1. The molecule has 2 heteroatoms. The second-order valence-electron chi connectivity index (χ2n) is 6.95. The van der Waals surface area contributed by atoms with Gasteiger partial charge in [-0.15, -0.1) is 0 Å². The summed E-state index contributed by atoms with van der Waals surface area (Å²) < 4.78 is 1.12. The number of likely N-dealkylation sites (tertiary alicyclic amines) is 1. The van der Waals surface area contributed by atoms with Gasteiger partial charge >= 0.3 is 0 Å². The van der Waals surface area contributed by atoms with Crippen molar-refractivity contribution in [3.8, 4) is 11.1 Å². The van der Waals surface area contributed by atoms with Crippen molar-refractivity contribution in [2.24, 2.45) is 5.92 Å². The molecule has 0 amide bonds. The first-order chi connectivity index (χ1) is 11.6. The summed E-state index contributed by atoms with van der Waals surface area (Å²) >= 11 is 3.49. The molecule has 2 aromatic rings. The minimum absolute atomic E-state index is 0.900. The van der Waals surface area contributed by atoms with Crippen LogP contribution >= 0.6 is 15.9 Å². The molecule has 24 heavy (non-hydrogen) atoms. The molecule has 0 N–H and O–H groups in total. The molecule has 1 nitrogen and oxygen atoms in total. The van der Waals surface area contributed by atoms with Crippen molar-refractivity contribution < 1.29 is 0 Å². The summed E-state index contributed by atoms with van der Waals surface area (Å²) in [7, 11) is 0. The van der Waals surface area contributed by atoms with Gasteiger partial charge in [0.05, 0.1) is 0 Å². The summed E-state index contributed by atoms with van der Waals surface area (Å²) in [5.74, 6) is 0.900. The highest BCUT2D eigenvalue weighted by molar-refractivity contribution is 9.10. The molecule has 2 aromatic carbocycles. The summed E-state index contributed by atoms with van der Waals surface area (Å²) in [6, 6.07) is 17.4. The fourth-order valence-electron chi connectivity index (χ4n) is 3.20. The second-order valence-corrected chi connectivity index (χ2v) is 7.87. The molecule has 3 rings (SSSR count). The Bertz CT molecular complexity index is 677. The fraction of sp³-hybridized carbons (Fsp3) is 0.364. The molecule has 0 saturated carbocycles. The van der Waals surface area contributed by atoms with Crippen molar-refractivity contribution in [2.45, 2.75) is 26.7 Å². The molecule has 126 valence electrons. The van der Waals surface area contributed by atoms with Crippen LogP contribution in [0.25, 0.3) is 16.7 Å². The summed E-state index contributed by atoms with van der Waals surface area (Å²) in [5, 5.41) is 0. The van der Waals surface area contributed by atoms with Gasteiger partial charge in [-0.3, -0.25) is 4.90 Å². The van der Waals surface area contributed by atoms with E-state index in [1.807, 2.05) is 0 Å². The van der Waals surface area contributed by atoms with Gasteiger partial charge in [-0.05, 0) is 73.2 Å². The summed E-state index contributed by atoms with van der Waals surface area (Å²) in [6.45, 7) is 8.15. The number of rotatable bonds is 4. The van der Waals surface area contributed by atoms with E-state index in [0.29, 0.717) is 0 Å². The fourth-order valence-corrected chi connectivity index (χ4v) is 3.46. The maximum absolute atomic E-state index is 3.49. The van der Waals surface area contributed by atoms with Crippen LogP contribution in [0.2, 0.25) is 0 Å². The SMILES string of the molecule is C/C(=C/CN1CCC(C)CC1)c1ccc(-c2ccc(Br)cc2)cc1. The molecule has 0 atom stereocenters. The molecule has 0 bridgehead atoms. The number of benzene rings is 2. The van der Waals surface area contributed by atoms with Gasteiger partial charge in [-0.1, -0.05) is 65.3 Å². The van der Waals surface area contributed by atoms with E-state index in [2.05, 4.69) is 89.3 Å². The number of allylic oxidation sites excluding steroid dienone is 1. The van der Waals surface area contributed by atoms with E-state index in [0.717, 1.165) is 16.9 Å². The highest BCUT2D eigenvalue weighted by Gasteiger charge is 2.14. The van der Waals surface area contributed by atoms with Crippen LogP contribution in [-0.2, 0) is 0 Å². The Morgan fingerprint density at radius 3 is 2.12 bits per heavy atom. The molecule has 0 aliphatic carbocycles. The third kappa shape index (κ3) is 4.58. The van der Waals surface area contributed by atoms with E-state index < -0.39 is 0 Å². The Morgan fingerprint density at radius 2 is 1.54 bits per heavy atom. The monoisotopic (exact) mass is 383 g/mol. The lowest BCUT2D eigenvalue weighted by Crippen LogP contribution is -2.32. The molecule has 0 radical (unpaired) electrons. The van der Waals surface area contributed by atoms with E-state index >= 15 is 0 Å². The minimum atomic E-state index is 0.900. The van der Waals surface area contributed by atoms with E-state index in [4.69, 9.17) is 0 Å². The van der Waals surface area contributed by atoms with Crippen molar-refractivity contribution >= 4 is 21.5 Å². The van der Waals surface area contributed by atoms with Gasteiger partial charge in [-0.2, -0.15) is 0 Å². The van der Waals surface area contributed by atoms with Crippen LogP contribution in [0, 0.1) is 5.92 Å². The average Bonchev–Trinajstić information content (AvgIpc) is 2.62. The smallest absolute Gasteiger partial charge is 0.0175 e. The van der Waals surface area contributed by atoms with Crippen molar-refractivity contribution in [3.05, 3.63) is 64.6 Å². The average molecular weight is 384 g/mol. The quantitative estimate of drug-likeness (QED) is 0.602. The van der Waals surface area contributed by atoms with Crippen molar-refractivity contribution in [1.29, 1.82) is 0 Å². The van der Waals surface area contributed by atoms with E-state index in [1.54, 1.807) is 0 Å². The maximum Gasteiger partial charge on any atom is 0.0175 e. The number of piperidine rings is 1. The van der Waals surface area contributed by atoms with Crippen LogP contribution in [0.5, 0.6) is 0 Å². The lowest BCUT2D eigenvalue weighted by molar-refractivity contribution is 0.210. The van der Waals surface area contributed by atoms with Crippen LogP contribution in [0.1, 0.15) is 32.3 Å². The van der Waals surface area contributed by atoms with Gasteiger partial charge < -0.3 is 0 Å². The van der Waals surface area contributed by atoms with Crippen LogP contribution < -0.4 is 0 Å². The molecule has 1 aliphatic rings. The first kappa shape index (κ1) is 17.4. The van der Waals surface area contributed by atoms with Crippen LogP contribution in [0.3, 0.4) is 0 Å². The molecule has 1 saturated heterocycles. The topological polar surface area (TPSA) is 3.24 Å². The molecule has 0 spiro atoms. The standard InChI is InChI=1S/C22H26BrN/c1-17-11-14-24(15-12-17)16-13-18(2)19-3-5-20(6-4-19)21-7-9-22(23)10-8-21/h3-10,13,17H,11-12,14-16H2,1-2H3/b18-13-. The zero-order valence-corrected chi connectivity index (χ0v) is 16.2. The van der Waals surface area contributed by atoms with Gasteiger partial charge in [0, 0.05) is 11.0 Å². The van der Waals surface area contributed by atoms with Crippen LogP contribution in [0.15, 0.2) is 59.1 Å².